The van der Waals surface area contributed by atoms with Crippen LogP contribution >= 0.6 is 23.2 Å². The maximum atomic E-state index is 11.5. The van der Waals surface area contributed by atoms with Gasteiger partial charge in [-0.1, -0.05) is 53.5 Å². The molecule has 6 aromatic rings. The molecule has 2 heterocycles. The van der Waals surface area contributed by atoms with Crippen LogP contribution in [-0.4, -0.2) is 31.0 Å². The van der Waals surface area contributed by atoms with Crippen molar-refractivity contribution < 1.29 is 9.90 Å². The number of primary amides is 1. The van der Waals surface area contributed by atoms with E-state index < -0.39 is 5.91 Å². The number of carbonyl (C=O) groups excluding carboxylic acids is 1. The Balaban J connectivity index is 1.53. The third-order valence-corrected chi connectivity index (χ3v) is 7.02. The highest BCUT2D eigenvalue weighted by atomic mass is 35.5. The first-order valence-electron chi connectivity index (χ1n) is 11.4. The van der Waals surface area contributed by atoms with Crippen molar-refractivity contribution in [2.45, 2.75) is 6.61 Å². The van der Waals surface area contributed by atoms with Crippen LogP contribution in [0, 0.1) is 0 Å². The van der Waals surface area contributed by atoms with Crippen LogP contribution in [0.5, 0.6) is 0 Å². The zero-order valence-corrected chi connectivity index (χ0v) is 20.8. The summed E-state index contributed by atoms with van der Waals surface area (Å²) in [6.07, 6.45) is 0. The smallest absolute Gasteiger partial charge is 0.248 e. The van der Waals surface area contributed by atoms with E-state index in [9.17, 15) is 9.90 Å². The molecule has 0 atom stereocenters. The fourth-order valence-corrected chi connectivity index (χ4v) is 5.13. The Hall–Kier alpha value is -4.17. The lowest BCUT2D eigenvalue weighted by molar-refractivity contribution is 0.100. The Morgan fingerprint density at radius 3 is 2.32 bits per heavy atom. The number of rotatable bonds is 5. The molecule has 0 spiro atoms. The summed E-state index contributed by atoms with van der Waals surface area (Å²) >= 11 is 13.1. The number of nitrogens with one attached hydrogen (secondary N) is 1. The fourth-order valence-electron chi connectivity index (χ4n) is 4.61. The highest BCUT2D eigenvalue weighted by molar-refractivity contribution is 6.37. The van der Waals surface area contributed by atoms with Crippen LogP contribution in [0.4, 0.5) is 0 Å². The van der Waals surface area contributed by atoms with Gasteiger partial charge in [-0.3, -0.25) is 9.89 Å². The van der Waals surface area contributed by atoms with Crippen LogP contribution in [-0.2, 0) is 6.61 Å². The van der Waals surface area contributed by atoms with Crippen molar-refractivity contribution in [3.63, 3.8) is 0 Å². The summed E-state index contributed by atoms with van der Waals surface area (Å²) in [6.45, 7) is -0.218. The lowest BCUT2D eigenvalue weighted by atomic mass is 10.0. The van der Waals surface area contributed by atoms with E-state index in [0.29, 0.717) is 38.2 Å². The Morgan fingerprint density at radius 1 is 0.892 bits per heavy atom. The van der Waals surface area contributed by atoms with E-state index in [2.05, 4.69) is 10.2 Å². The molecule has 4 N–H and O–H groups in total. The minimum absolute atomic E-state index is 0.218. The van der Waals surface area contributed by atoms with E-state index in [1.165, 1.54) is 0 Å². The summed E-state index contributed by atoms with van der Waals surface area (Å²) in [4.78, 5) is 11.5. The van der Waals surface area contributed by atoms with Gasteiger partial charge in [0.2, 0.25) is 5.91 Å². The molecule has 7 nitrogen and oxygen atoms in total. The average Bonchev–Trinajstić information content (AvgIpc) is 3.52. The summed E-state index contributed by atoms with van der Waals surface area (Å²) < 4.78 is 1.77. The van der Waals surface area contributed by atoms with Gasteiger partial charge in [0.25, 0.3) is 0 Å². The van der Waals surface area contributed by atoms with Crippen molar-refractivity contribution >= 4 is 50.9 Å². The SMILES string of the molecule is NC(=O)c1ccc(-c2nn(-c3ccc(-c4n[nH]c5cccc(Cl)c45)cc3CO)c3cccc(Cl)c23)cc1. The molecule has 0 aliphatic rings. The van der Waals surface area contributed by atoms with Crippen LogP contribution in [0.3, 0.4) is 0 Å². The number of hydrogen-bond donors (Lipinski definition) is 3. The van der Waals surface area contributed by atoms with Crippen LogP contribution < -0.4 is 5.73 Å². The standard InChI is InChI=1S/C28H19Cl2N5O2/c29-19-3-1-5-21-24(19)26(33-32-21)17-11-12-22(18(13-17)14-36)35-23-6-2-4-20(30)25(23)27(34-35)15-7-9-16(10-8-15)28(31)37/h1-13,36H,14H2,(H2,31,37)(H,32,33). The summed E-state index contributed by atoms with van der Waals surface area (Å²) in [5, 5.41) is 25.4. The van der Waals surface area contributed by atoms with Crippen molar-refractivity contribution in [2.24, 2.45) is 5.73 Å². The maximum absolute atomic E-state index is 11.5. The molecule has 9 heteroatoms. The molecule has 2 aromatic heterocycles. The minimum atomic E-state index is -0.501. The Kier molecular flexibility index (Phi) is 5.68. The molecule has 0 bridgehead atoms. The number of benzene rings is 4. The Labute approximate surface area is 221 Å². The first-order valence-corrected chi connectivity index (χ1v) is 12.2. The number of aliphatic hydroxyl groups is 1. The van der Waals surface area contributed by atoms with E-state index in [4.69, 9.17) is 34.0 Å². The van der Waals surface area contributed by atoms with Crippen LogP contribution in [0.1, 0.15) is 15.9 Å². The molecule has 0 fully saturated rings. The van der Waals surface area contributed by atoms with E-state index in [0.717, 1.165) is 32.9 Å². The summed E-state index contributed by atoms with van der Waals surface area (Å²) in [5.74, 6) is -0.501. The largest absolute Gasteiger partial charge is 0.392 e. The molecular formula is C28H19Cl2N5O2. The van der Waals surface area contributed by atoms with E-state index in [1.54, 1.807) is 35.0 Å². The van der Waals surface area contributed by atoms with Gasteiger partial charge < -0.3 is 10.8 Å². The zero-order chi connectivity index (χ0) is 25.7. The molecule has 1 amide bonds. The first kappa shape index (κ1) is 23.2. The molecule has 0 saturated carbocycles. The van der Waals surface area contributed by atoms with Gasteiger partial charge in [0, 0.05) is 33.0 Å². The number of H-pyrrole nitrogens is 1. The van der Waals surface area contributed by atoms with Crippen molar-refractivity contribution in [1.82, 2.24) is 20.0 Å². The van der Waals surface area contributed by atoms with Crippen LogP contribution in [0.25, 0.3) is 50.0 Å². The van der Waals surface area contributed by atoms with Gasteiger partial charge in [-0.2, -0.15) is 10.2 Å². The number of nitrogens with two attached hydrogens (primary N) is 1. The van der Waals surface area contributed by atoms with Gasteiger partial charge in [0.15, 0.2) is 0 Å². The molecule has 0 radical (unpaired) electrons. The Morgan fingerprint density at radius 2 is 1.59 bits per heavy atom. The highest BCUT2D eigenvalue weighted by Gasteiger charge is 2.19. The zero-order valence-electron chi connectivity index (χ0n) is 19.2. The average molecular weight is 528 g/mol. The number of hydrogen-bond acceptors (Lipinski definition) is 4. The van der Waals surface area contributed by atoms with Gasteiger partial charge >= 0.3 is 0 Å². The number of halogens is 2. The van der Waals surface area contributed by atoms with Gasteiger partial charge in [-0.25, -0.2) is 4.68 Å². The topological polar surface area (TPSA) is 110 Å². The second-order valence-corrected chi connectivity index (χ2v) is 9.39. The van der Waals surface area contributed by atoms with Crippen molar-refractivity contribution in [3.05, 3.63) is 100 Å². The normalized spacial score (nSPS) is 11.4. The number of aromatic nitrogens is 4. The molecule has 0 aliphatic carbocycles. The van der Waals surface area contributed by atoms with Gasteiger partial charge in [0.1, 0.15) is 11.4 Å². The van der Waals surface area contributed by atoms with Gasteiger partial charge in [-0.15, -0.1) is 0 Å². The predicted octanol–water partition coefficient (Wildman–Crippen LogP) is 6.13. The Bertz CT molecular complexity index is 1820. The molecule has 6 rings (SSSR count). The molecule has 0 unspecified atom stereocenters. The molecule has 37 heavy (non-hydrogen) atoms. The number of aromatic amines is 1. The third-order valence-electron chi connectivity index (χ3n) is 6.39. The molecular weight excluding hydrogens is 509 g/mol. The van der Waals surface area contributed by atoms with E-state index >= 15 is 0 Å². The second-order valence-electron chi connectivity index (χ2n) is 8.57. The fraction of sp³-hybridized carbons (Fsp3) is 0.0357. The maximum Gasteiger partial charge on any atom is 0.248 e. The van der Waals surface area contributed by atoms with Crippen LogP contribution in [0.15, 0.2) is 78.9 Å². The number of aliphatic hydroxyl groups excluding tert-OH is 1. The third kappa shape index (κ3) is 3.84. The van der Waals surface area contributed by atoms with Crippen molar-refractivity contribution in [3.8, 4) is 28.2 Å². The summed E-state index contributed by atoms with van der Waals surface area (Å²) in [5.41, 5.74) is 11.7. The second kappa shape index (κ2) is 9.05. The van der Waals surface area contributed by atoms with E-state index in [1.807, 2.05) is 48.5 Å². The quantitative estimate of drug-likeness (QED) is 0.250. The van der Waals surface area contributed by atoms with E-state index in [-0.39, 0.29) is 6.61 Å². The number of amides is 1. The van der Waals surface area contributed by atoms with Gasteiger partial charge in [-0.05, 0) is 48.5 Å². The van der Waals surface area contributed by atoms with Crippen molar-refractivity contribution in [1.29, 1.82) is 0 Å². The molecule has 182 valence electrons. The molecule has 0 saturated heterocycles. The summed E-state index contributed by atoms with van der Waals surface area (Å²) in [6, 6.07) is 23.8. The number of fused-ring (bicyclic) bond motifs is 2. The molecule has 0 aliphatic heterocycles. The summed E-state index contributed by atoms with van der Waals surface area (Å²) in [7, 11) is 0. The first-order chi connectivity index (χ1) is 18.0. The lowest BCUT2D eigenvalue weighted by Gasteiger charge is -2.11. The predicted molar refractivity (Wildman–Crippen MR) is 146 cm³/mol. The van der Waals surface area contributed by atoms with Crippen LogP contribution in [0.2, 0.25) is 10.0 Å². The number of nitrogens with zero attached hydrogens (tertiary/aromatic N) is 3. The van der Waals surface area contributed by atoms with Crippen molar-refractivity contribution in [2.75, 3.05) is 0 Å². The minimum Gasteiger partial charge on any atom is -0.392 e. The number of carbonyl (C=O) groups is 1. The lowest BCUT2D eigenvalue weighted by Crippen LogP contribution is -2.10. The highest BCUT2D eigenvalue weighted by Crippen LogP contribution is 2.37. The van der Waals surface area contributed by atoms with Gasteiger partial charge in [0.05, 0.1) is 33.4 Å². The molecule has 4 aromatic carbocycles. The monoisotopic (exact) mass is 527 g/mol.